The van der Waals surface area contributed by atoms with E-state index in [0.717, 1.165) is 40.3 Å². The number of hydrogen-bond donors (Lipinski definition) is 0. The molecule has 3 heteroatoms. The first-order chi connectivity index (χ1) is 10.2. The number of benzene rings is 1. The van der Waals surface area contributed by atoms with Gasteiger partial charge in [0, 0.05) is 24.1 Å². The van der Waals surface area contributed by atoms with Gasteiger partial charge in [-0.25, -0.2) is 4.98 Å². The molecule has 0 unspecified atom stereocenters. The van der Waals surface area contributed by atoms with Gasteiger partial charge in [0.2, 0.25) is 0 Å². The van der Waals surface area contributed by atoms with Crippen molar-refractivity contribution in [2.24, 2.45) is 0 Å². The van der Waals surface area contributed by atoms with E-state index in [1.54, 1.807) is 7.11 Å². The van der Waals surface area contributed by atoms with Gasteiger partial charge in [-0.1, -0.05) is 38.1 Å². The Balaban J connectivity index is 2.30. The molecule has 21 heavy (non-hydrogen) atoms. The Kier molecular flexibility index (Phi) is 3.60. The van der Waals surface area contributed by atoms with Crippen LogP contribution in [0.1, 0.15) is 32.4 Å². The van der Waals surface area contributed by atoms with E-state index in [9.17, 15) is 0 Å². The standard InChI is InChI=1S/C18H20N2O/c1-4-18(5-2,21-3)15-11-10-14-9-8-13-7-6-12-19-16(13)17(14)20-15/h6-12H,4-5H2,1-3H3. The normalized spacial score (nSPS) is 12.1. The smallest absolute Gasteiger partial charge is 0.109 e. The highest BCUT2D eigenvalue weighted by molar-refractivity contribution is 6.02. The fourth-order valence-electron chi connectivity index (χ4n) is 2.98. The highest BCUT2D eigenvalue weighted by Crippen LogP contribution is 2.33. The number of pyridine rings is 2. The van der Waals surface area contributed by atoms with Gasteiger partial charge in [0.15, 0.2) is 0 Å². The number of hydrogen-bond acceptors (Lipinski definition) is 3. The molecule has 1 aromatic carbocycles. The lowest BCUT2D eigenvalue weighted by Gasteiger charge is -2.29. The van der Waals surface area contributed by atoms with Crippen molar-refractivity contribution < 1.29 is 4.74 Å². The summed E-state index contributed by atoms with van der Waals surface area (Å²) in [5, 5.41) is 2.23. The average molecular weight is 280 g/mol. The summed E-state index contributed by atoms with van der Waals surface area (Å²) in [7, 11) is 1.76. The summed E-state index contributed by atoms with van der Waals surface area (Å²) in [6, 6.07) is 12.4. The molecular formula is C18H20N2O. The van der Waals surface area contributed by atoms with E-state index in [2.05, 4.69) is 49.2 Å². The predicted molar refractivity (Wildman–Crippen MR) is 86.3 cm³/mol. The van der Waals surface area contributed by atoms with Crippen LogP contribution in [0.25, 0.3) is 21.8 Å². The zero-order valence-electron chi connectivity index (χ0n) is 12.8. The van der Waals surface area contributed by atoms with Gasteiger partial charge >= 0.3 is 0 Å². The molecule has 0 aliphatic rings. The first kappa shape index (κ1) is 14.0. The summed E-state index contributed by atoms with van der Waals surface area (Å²) in [5.74, 6) is 0. The van der Waals surface area contributed by atoms with Crippen LogP contribution in [0.5, 0.6) is 0 Å². The summed E-state index contributed by atoms with van der Waals surface area (Å²) in [5.41, 5.74) is 2.58. The van der Waals surface area contributed by atoms with Crippen molar-refractivity contribution in [3.05, 3.63) is 48.3 Å². The Morgan fingerprint density at radius 2 is 1.62 bits per heavy atom. The molecule has 3 nitrogen and oxygen atoms in total. The molecule has 0 spiro atoms. The molecule has 108 valence electrons. The number of methoxy groups -OCH3 is 1. The summed E-state index contributed by atoms with van der Waals surface area (Å²) in [6.45, 7) is 4.28. The zero-order chi connectivity index (χ0) is 14.9. The van der Waals surface area contributed by atoms with Crippen LogP contribution >= 0.6 is 0 Å². The molecule has 0 amide bonds. The minimum Gasteiger partial charge on any atom is -0.372 e. The van der Waals surface area contributed by atoms with Gasteiger partial charge in [-0.2, -0.15) is 0 Å². The highest BCUT2D eigenvalue weighted by Gasteiger charge is 2.29. The number of aromatic nitrogens is 2. The van der Waals surface area contributed by atoms with Crippen LogP contribution < -0.4 is 0 Å². The van der Waals surface area contributed by atoms with Gasteiger partial charge < -0.3 is 4.74 Å². The minimum absolute atomic E-state index is 0.314. The maximum absolute atomic E-state index is 5.80. The molecule has 0 aliphatic carbocycles. The first-order valence-electron chi connectivity index (χ1n) is 7.44. The lowest BCUT2D eigenvalue weighted by Crippen LogP contribution is -2.27. The van der Waals surface area contributed by atoms with Crippen molar-refractivity contribution in [2.45, 2.75) is 32.3 Å². The molecule has 0 N–H and O–H groups in total. The zero-order valence-corrected chi connectivity index (χ0v) is 12.8. The SMILES string of the molecule is CCC(CC)(OC)c1ccc2ccc3cccnc3c2n1. The lowest BCUT2D eigenvalue weighted by molar-refractivity contribution is -0.0250. The van der Waals surface area contributed by atoms with Crippen molar-refractivity contribution in [2.75, 3.05) is 7.11 Å². The number of ether oxygens (including phenoxy) is 1. The third kappa shape index (κ3) is 2.18. The van der Waals surface area contributed by atoms with Crippen molar-refractivity contribution >= 4 is 21.8 Å². The van der Waals surface area contributed by atoms with E-state index in [0.29, 0.717) is 0 Å². The van der Waals surface area contributed by atoms with Gasteiger partial charge in [0.25, 0.3) is 0 Å². The Bertz CT molecular complexity index is 770. The molecule has 2 heterocycles. The Morgan fingerprint density at radius 1 is 0.952 bits per heavy atom. The fraction of sp³-hybridized carbons (Fsp3) is 0.333. The second-order valence-corrected chi connectivity index (χ2v) is 5.31. The van der Waals surface area contributed by atoms with Crippen LogP contribution in [0.4, 0.5) is 0 Å². The first-order valence-corrected chi connectivity index (χ1v) is 7.44. The van der Waals surface area contributed by atoms with E-state index in [-0.39, 0.29) is 5.60 Å². The van der Waals surface area contributed by atoms with Crippen LogP contribution in [0.2, 0.25) is 0 Å². The molecule has 2 aromatic heterocycles. The van der Waals surface area contributed by atoms with Gasteiger partial charge in [0.05, 0.1) is 16.7 Å². The predicted octanol–water partition coefficient (Wildman–Crippen LogP) is 4.44. The minimum atomic E-state index is -0.314. The molecule has 0 radical (unpaired) electrons. The molecule has 3 aromatic rings. The Morgan fingerprint density at radius 3 is 2.29 bits per heavy atom. The molecule has 0 saturated carbocycles. The largest absolute Gasteiger partial charge is 0.372 e. The van der Waals surface area contributed by atoms with E-state index in [1.165, 1.54) is 0 Å². The summed E-state index contributed by atoms with van der Waals surface area (Å²) >= 11 is 0. The topological polar surface area (TPSA) is 35.0 Å². The maximum Gasteiger partial charge on any atom is 0.109 e. The third-order valence-electron chi connectivity index (χ3n) is 4.43. The molecule has 3 rings (SSSR count). The quantitative estimate of drug-likeness (QED) is 0.662. The molecule has 0 aliphatic heterocycles. The van der Waals surface area contributed by atoms with Crippen LogP contribution in [-0.2, 0) is 10.3 Å². The fourth-order valence-corrected chi connectivity index (χ4v) is 2.98. The Labute approximate surface area is 125 Å². The van der Waals surface area contributed by atoms with Crippen molar-refractivity contribution in [1.82, 2.24) is 9.97 Å². The van der Waals surface area contributed by atoms with E-state index in [4.69, 9.17) is 9.72 Å². The molecule has 0 fully saturated rings. The van der Waals surface area contributed by atoms with Crippen molar-refractivity contribution in [3.8, 4) is 0 Å². The van der Waals surface area contributed by atoms with Gasteiger partial charge in [-0.15, -0.1) is 0 Å². The monoisotopic (exact) mass is 280 g/mol. The Hall–Kier alpha value is -2.00. The van der Waals surface area contributed by atoms with Crippen LogP contribution in [-0.4, -0.2) is 17.1 Å². The number of fused-ring (bicyclic) bond motifs is 3. The molecule has 0 bridgehead atoms. The van der Waals surface area contributed by atoms with Crippen molar-refractivity contribution in [3.63, 3.8) is 0 Å². The van der Waals surface area contributed by atoms with Gasteiger partial charge in [-0.3, -0.25) is 4.98 Å². The summed E-state index contributed by atoms with van der Waals surface area (Å²) in [4.78, 5) is 9.41. The lowest BCUT2D eigenvalue weighted by atomic mass is 9.92. The molecule has 0 saturated heterocycles. The van der Waals surface area contributed by atoms with Crippen LogP contribution in [0, 0.1) is 0 Å². The molecular weight excluding hydrogens is 260 g/mol. The summed E-state index contributed by atoms with van der Waals surface area (Å²) < 4.78 is 5.80. The second kappa shape index (κ2) is 5.41. The second-order valence-electron chi connectivity index (χ2n) is 5.31. The van der Waals surface area contributed by atoms with Crippen LogP contribution in [0.3, 0.4) is 0 Å². The van der Waals surface area contributed by atoms with Crippen LogP contribution in [0.15, 0.2) is 42.6 Å². The number of nitrogens with zero attached hydrogens (tertiary/aromatic N) is 2. The van der Waals surface area contributed by atoms with Gasteiger partial charge in [-0.05, 0) is 25.0 Å². The van der Waals surface area contributed by atoms with Crippen molar-refractivity contribution in [1.29, 1.82) is 0 Å². The van der Waals surface area contributed by atoms with E-state index >= 15 is 0 Å². The average Bonchev–Trinajstić information content (AvgIpc) is 2.57. The number of rotatable bonds is 4. The van der Waals surface area contributed by atoms with E-state index < -0.39 is 0 Å². The van der Waals surface area contributed by atoms with E-state index in [1.807, 2.05) is 12.3 Å². The maximum atomic E-state index is 5.80. The van der Waals surface area contributed by atoms with Gasteiger partial charge in [0.1, 0.15) is 5.60 Å². The highest BCUT2D eigenvalue weighted by atomic mass is 16.5. The summed E-state index contributed by atoms with van der Waals surface area (Å²) in [6.07, 6.45) is 3.62. The molecule has 0 atom stereocenters. The third-order valence-corrected chi connectivity index (χ3v) is 4.43.